The average Bonchev–Trinajstić information content (AvgIpc) is 3.17. The van der Waals surface area contributed by atoms with Crippen LogP contribution in [0.3, 0.4) is 0 Å². The highest BCUT2D eigenvalue weighted by Crippen LogP contribution is 2.26. The summed E-state index contributed by atoms with van der Waals surface area (Å²) in [5.74, 6) is 1.17. The third kappa shape index (κ3) is 2.61. The highest BCUT2D eigenvalue weighted by Gasteiger charge is 2.17. The second-order valence-corrected chi connectivity index (χ2v) is 5.68. The molecule has 8 heteroatoms. The maximum Gasteiger partial charge on any atom is 0.168 e. The molecule has 0 bridgehead atoms. The first-order valence-electron chi connectivity index (χ1n) is 7.80. The largest absolute Gasteiger partial charge is 0.362 e. The summed E-state index contributed by atoms with van der Waals surface area (Å²) in [5.41, 5.74) is 1.63. The zero-order chi connectivity index (χ0) is 17.4. The van der Waals surface area contributed by atoms with Crippen molar-refractivity contribution < 1.29 is 4.39 Å². The van der Waals surface area contributed by atoms with E-state index in [-0.39, 0.29) is 5.82 Å². The fraction of sp³-hybridized carbons (Fsp3) is 0.176. The first kappa shape index (κ1) is 15.3. The van der Waals surface area contributed by atoms with E-state index >= 15 is 0 Å². The van der Waals surface area contributed by atoms with E-state index in [1.54, 1.807) is 24.4 Å². The predicted octanol–water partition coefficient (Wildman–Crippen LogP) is 2.61. The minimum Gasteiger partial charge on any atom is -0.362 e. The maximum absolute atomic E-state index is 14.2. The van der Waals surface area contributed by atoms with Crippen molar-refractivity contribution in [1.29, 1.82) is 0 Å². The lowest BCUT2D eigenvalue weighted by atomic mass is 10.3. The smallest absolute Gasteiger partial charge is 0.168 e. The van der Waals surface area contributed by atoms with Crippen LogP contribution in [0.15, 0.2) is 43.0 Å². The third-order valence-corrected chi connectivity index (χ3v) is 4.06. The van der Waals surface area contributed by atoms with Gasteiger partial charge in [0, 0.05) is 19.4 Å². The number of imidazole rings is 1. The van der Waals surface area contributed by atoms with Gasteiger partial charge in [-0.2, -0.15) is 5.10 Å². The number of para-hydroxylation sites is 1. The highest BCUT2D eigenvalue weighted by molar-refractivity contribution is 5.90. The topological polar surface area (TPSA) is 73.5 Å². The second-order valence-electron chi connectivity index (χ2n) is 5.68. The van der Waals surface area contributed by atoms with Gasteiger partial charge in [-0.05, 0) is 19.1 Å². The Balaban J connectivity index is 1.78. The number of aryl methyl sites for hydroxylation is 2. The number of nitrogens with zero attached hydrogens (tertiary/aromatic N) is 6. The predicted molar refractivity (Wildman–Crippen MR) is 91.9 cm³/mol. The van der Waals surface area contributed by atoms with Gasteiger partial charge in [-0.15, -0.1) is 0 Å². The molecular weight excluding hydrogens is 321 g/mol. The summed E-state index contributed by atoms with van der Waals surface area (Å²) >= 11 is 0. The van der Waals surface area contributed by atoms with Gasteiger partial charge in [0.15, 0.2) is 5.65 Å². The van der Waals surface area contributed by atoms with Crippen LogP contribution in [0.1, 0.15) is 11.5 Å². The summed E-state index contributed by atoms with van der Waals surface area (Å²) < 4.78 is 17.6. The summed E-state index contributed by atoms with van der Waals surface area (Å²) in [7, 11) is 1.93. The SMILES string of the molecule is Cc1nn(-c2ccccc2F)c2ncnc(NCc3nccn3C)c12. The number of halogens is 1. The lowest BCUT2D eigenvalue weighted by Gasteiger charge is -2.07. The van der Waals surface area contributed by atoms with E-state index in [1.807, 2.05) is 24.7 Å². The van der Waals surface area contributed by atoms with Crippen molar-refractivity contribution in [2.24, 2.45) is 7.05 Å². The molecular formula is C17H16FN7. The van der Waals surface area contributed by atoms with E-state index in [1.165, 1.54) is 17.1 Å². The quantitative estimate of drug-likeness (QED) is 0.620. The molecule has 4 rings (SSSR count). The summed E-state index contributed by atoms with van der Waals surface area (Å²) in [4.78, 5) is 12.9. The number of hydrogen-bond donors (Lipinski definition) is 1. The molecule has 3 heterocycles. The second kappa shape index (κ2) is 5.97. The Hall–Kier alpha value is -3.29. The van der Waals surface area contributed by atoms with Crippen molar-refractivity contribution in [3.63, 3.8) is 0 Å². The standard InChI is InChI=1S/C17H16FN7/c1-11-15-16(20-9-14-19-7-8-24(14)2)21-10-22-17(15)25(23-11)13-6-4-3-5-12(13)18/h3-8,10H,9H2,1-2H3,(H,20,21,22). The molecule has 1 N–H and O–H groups in total. The van der Waals surface area contributed by atoms with E-state index in [0.29, 0.717) is 23.7 Å². The van der Waals surface area contributed by atoms with Gasteiger partial charge >= 0.3 is 0 Å². The lowest BCUT2D eigenvalue weighted by Crippen LogP contribution is -2.07. The Bertz CT molecular complexity index is 1050. The fourth-order valence-electron chi connectivity index (χ4n) is 2.77. The van der Waals surface area contributed by atoms with Gasteiger partial charge in [0.2, 0.25) is 0 Å². The molecule has 0 fully saturated rings. The van der Waals surface area contributed by atoms with Gasteiger partial charge in [-0.25, -0.2) is 24.0 Å². The van der Waals surface area contributed by atoms with E-state index in [0.717, 1.165) is 16.9 Å². The zero-order valence-corrected chi connectivity index (χ0v) is 13.8. The maximum atomic E-state index is 14.2. The summed E-state index contributed by atoms with van der Waals surface area (Å²) in [6, 6.07) is 6.48. The van der Waals surface area contributed by atoms with Crippen molar-refractivity contribution in [2.75, 3.05) is 5.32 Å². The molecule has 0 unspecified atom stereocenters. The Labute approximate surface area is 143 Å². The molecule has 0 aliphatic carbocycles. The van der Waals surface area contributed by atoms with Crippen molar-refractivity contribution in [3.8, 4) is 5.69 Å². The number of rotatable bonds is 4. The summed E-state index contributed by atoms with van der Waals surface area (Å²) in [5, 5.41) is 8.49. The molecule has 0 spiro atoms. The summed E-state index contributed by atoms with van der Waals surface area (Å²) in [6.45, 7) is 2.37. The van der Waals surface area contributed by atoms with Crippen molar-refractivity contribution >= 4 is 16.9 Å². The summed E-state index contributed by atoms with van der Waals surface area (Å²) in [6.07, 6.45) is 5.07. The number of benzene rings is 1. The first-order valence-corrected chi connectivity index (χ1v) is 7.80. The first-order chi connectivity index (χ1) is 12.1. The van der Waals surface area contributed by atoms with Crippen molar-refractivity contribution in [3.05, 3.63) is 60.3 Å². The Morgan fingerprint density at radius 1 is 1.16 bits per heavy atom. The Kier molecular flexibility index (Phi) is 3.64. The molecule has 126 valence electrons. The minimum absolute atomic E-state index is 0.354. The molecule has 0 saturated heterocycles. The van der Waals surface area contributed by atoms with Gasteiger partial charge in [-0.3, -0.25) is 0 Å². The molecule has 0 atom stereocenters. The molecule has 3 aromatic heterocycles. The van der Waals surface area contributed by atoms with Crippen LogP contribution in [0, 0.1) is 12.7 Å². The number of nitrogens with one attached hydrogen (secondary N) is 1. The van der Waals surface area contributed by atoms with Crippen molar-refractivity contribution in [2.45, 2.75) is 13.5 Å². The number of hydrogen-bond acceptors (Lipinski definition) is 5. The molecule has 25 heavy (non-hydrogen) atoms. The number of anilines is 1. The van der Waals surface area contributed by atoms with E-state index in [2.05, 4.69) is 25.4 Å². The van der Waals surface area contributed by atoms with Crippen molar-refractivity contribution in [1.82, 2.24) is 29.3 Å². The van der Waals surface area contributed by atoms with Gasteiger partial charge in [0.05, 0.1) is 17.6 Å². The minimum atomic E-state index is -0.354. The van der Waals surface area contributed by atoms with Crippen LogP contribution >= 0.6 is 0 Å². The Morgan fingerprint density at radius 3 is 2.76 bits per heavy atom. The molecule has 0 aliphatic heterocycles. The zero-order valence-electron chi connectivity index (χ0n) is 13.8. The molecule has 0 aliphatic rings. The van der Waals surface area contributed by atoms with Gasteiger partial charge < -0.3 is 9.88 Å². The number of aromatic nitrogens is 6. The normalized spacial score (nSPS) is 11.2. The molecule has 1 aromatic carbocycles. The lowest BCUT2D eigenvalue weighted by molar-refractivity contribution is 0.612. The van der Waals surface area contributed by atoms with Crippen LogP contribution in [0.2, 0.25) is 0 Å². The van der Waals surface area contributed by atoms with E-state index in [9.17, 15) is 4.39 Å². The van der Waals surface area contributed by atoms with Crippen LogP contribution in [-0.4, -0.2) is 29.3 Å². The van der Waals surface area contributed by atoms with Gasteiger partial charge in [-0.1, -0.05) is 12.1 Å². The van der Waals surface area contributed by atoms with Gasteiger partial charge in [0.25, 0.3) is 0 Å². The average molecular weight is 337 g/mol. The van der Waals surface area contributed by atoms with Gasteiger partial charge in [0.1, 0.15) is 29.5 Å². The van der Waals surface area contributed by atoms with Crippen LogP contribution in [0.5, 0.6) is 0 Å². The molecule has 4 aromatic rings. The molecule has 0 saturated carbocycles. The highest BCUT2D eigenvalue weighted by atomic mass is 19.1. The number of fused-ring (bicyclic) bond motifs is 1. The molecule has 0 amide bonds. The molecule has 0 radical (unpaired) electrons. The van der Waals surface area contributed by atoms with Crippen LogP contribution in [-0.2, 0) is 13.6 Å². The monoisotopic (exact) mass is 337 g/mol. The third-order valence-electron chi connectivity index (χ3n) is 4.06. The Morgan fingerprint density at radius 2 is 2.00 bits per heavy atom. The molecule has 7 nitrogen and oxygen atoms in total. The van der Waals surface area contributed by atoms with Crippen LogP contribution < -0.4 is 5.32 Å². The van der Waals surface area contributed by atoms with Crippen LogP contribution in [0.4, 0.5) is 10.2 Å². The van der Waals surface area contributed by atoms with Crippen LogP contribution in [0.25, 0.3) is 16.7 Å². The van der Waals surface area contributed by atoms with E-state index < -0.39 is 0 Å². The van der Waals surface area contributed by atoms with E-state index in [4.69, 9.17) is 0 Å². The fourth-order valence-corrected chi connectivity index (χ4v) is 2.77.